The molecule has 33 heavy (non-hydrogen) atoms. The van der Waals surface area contributed by atoms with Crippen molar-refractivity contribution in [3.05, 3.63) is 93.1 Å². The van der Waals surface area contributed by atoms with Crippen molar-refractivity contribution in [2.75, 3.05) is 11.9 Å². The normalized spacial score (nSPS) is 11.0. The van der Waals surface area contributed by atoms with Crippen molar-refractivity contribution in [3.63, 3.8) is 0 Å². The highest BCUT2D eigenvalue weighted by atomic mass is 79.9. The number of halogens is 2. The van der Waals surface area contributed by atoms with Gasteiger partial charge in [0.15, 0.2) is 12.4 Å². The molecule has 7 nitrogen and oxygen atoms in total. The topological polar surface area (TPSA) is 92.9 Å². The first kappa shape index (κ1) is 22.8. The summed E-state index contributed by atoms with van der Waals surface area (Å²) in [5.41, 5.74) is 4.30. The average Bonchev–Trinajstić information content (AvgIpc) is 3.24. The van der Waals surface area contributed by atoms with E-state index in [2.05, 4.69) is 47.7 Å². The van der Waals surface area contributed by atoms with Crippen LogP contribution in [-0.4, -0.2) is 24.6 Å². The molecule has 2 N–H and O–H groups in total. The monoisotopic (exact) mass is 569 g/mol. The van der Waals surface area contributed by atoms with Crippen LogP contribution in [0.5, 0.6) is 5.75 Å². The minimum atomic E-state index is -0.494. The predicted octanol–water partition coefficient (Wildman–Crippen LogP) is 5.74. The highest BCUT2D eigenvalue weighted by Gasteiger charge is 2.14. The number of carbonyl (C=O) groups is 2. The lowest BCUT2D eigenvalue weighted by Gasteiger charge is -2.09. The number of rotatable bonds is 7. The van der Waals surface area contributed by atoms with Crippen LogP contribution in [0, 0.1) is 0 Å². The van der Waals surface area contributed by atoms with Crippen LogP contribution in [0.1, 0.15) is 16.1 Å². The number of hydrogen-bond acceptors (Lipinski definition) is 5. The highest BCUT2D eigenvalue weighted by Crippen LogP contribution is 2.31. The summed E-state index contributed by atoms with van der Waals surface area (Å²) in [5.74, 6) is -0.200. The maximum atomic E-state index is 12.4. The third-order valence-electron chi connectivity index (χ3n) is 4.46. The molecule has 0 atom stereocenters. The fourth-order valence-corrected chi connectivity index (χ4v) is 4.32. The summed E-state index contributed by atoms with van der Waals surface area (Å²) >= 11 is 6.83. The Morgan fingerprint density at radius 2 is 1.76 bits per heavy atom. The van der Waals surface area contributed by atoms with Crippen LogP contribution >= 0.6 is 31.9 Å². The molecule has 4 aromatic rings. The minimum Gasteiger partial charge on any atom is -0.483 e. The summed E-state index contributed by atoms with van der Waals surface area (Å²) in [7, 11) is 0. The second kappa shape index (κ2) is 10.5. The number of carbonyl (C=O) groups excluding carboxylic acids is 2. The van der Waals surface area contributed by atoms with E-state index in [-0.39, 0.29) is 18.3 Å². The fourth-order valence-electron chi connectivity index (χ4n) is 2.98. The summed E-state index contributed by atoms with van der Waals surface area (Å²) in [5, 5.41) is 7.53. The van der Waals surface area contributed by atoms with Crippen LogP contribution in [0.25, 0.3) is 11.0 Å². The van der Waals surface area contributed by atoms with E-state index in [1.165, 1.54) is 6.21 Å². The third-order valence-corrected chi connectivity index (χ3v) is 5.51. The second-order valence-electron chi connectivity index (χ2n) is 6.86. The van der Waals surface area contributed by atoms with E-state index in [0.29, 0.717) is 22.6 Å². The molecule has 0 fully saturated rings. The Morgan fingerprint density at radius 3 is 2.58 bits per heavy atom. The average molecular weight is 571 g/mol. The molecule has 0 spiro atoms. The van der Waals surface area contributed by atoms with Gasteiger partial charge >= 0.3 is 5.91 Å². The molecule has 0 unspecified atom stereocenters. The Bertz CT molecular complexity index is 1340. The van der Waals surface area contributed by atoms with E-state index in [9.17, 15) is 9.59 Å². The van der Waals surface area contributed by atoms with Crippen LogP contribution < -0.4 is 15.5 Å². The Morgan fingerprint density at radius 1 is 1.00 bits per heavy atom. The van der Waals surface area contributed by atoms with Gasteiger partial charge in [-0.1, -0.05) is 46.3 Å². The molecule has 0 saturated heterocycles. The van der Waals surface area contributed by atoms with Crippen molar-refractivity contribution in [2.45, 2.75) is 0 Å². The Labute approximate surface area is 206 Å². The minimum absolute atomic E-state index is 0.128. The number of nitrogens with one attached hydrogen (secondary N) is 2. The third kappa shape index (κ3) is 5.88. The summed E-state index contributed by atoms with van der Waals surface area (Å²) < 4.78 is 12.9. The quantitative estimate of drug-likeness (QED) is 0.219. The number of ether oxygens (including phenoxy) is 1. The first-order chi connectivity index (χ1) is 16.0. The second-order valence-corrected chi connectivity index (χ2v) is 8.63. The van der Waals surface area contributed by atoms with Gasteiger partial charge in [0.1, 0.15) is 11.3 Å². The standard InChI is InChI=1S/C24H17Br2N3O4/c25-17-10-16-11-21(33-23(16)19(26)12-17)24(31)29-27-13-15-6-4-5-9-20(15)32-14-22(30)28-18-7-2-1-3-8-18/h1-13H,14H2,(H,28,30)(H,29,31)/b27-13-. The largest absolute Gasteiger partial charge is 0.483 e. The lowest BCUT2D eigenvalue weighted by atomic mass is 10.2. The van der Waals surface area contributed by atoms with E-state index >= 15 is 0 Å². The molecule has 0 aliphatic rings. The van der Waals surface area contributed by atoms with Crippen LogP contribution in [0.2, 0.25) is 0 Å². The number of benzene rings is 3. The summed E-state index contributed by atoms with van der Waals surface area (Å²) in [6.07, 6.45) is 1.44. The first-order valence-corrected chi connectivity index (χ1v) is 11.4. The van der Waals surface area contributed by atoms with E-state index < -0.39 is 5.91 Å². The zero-order valence-corrected chi connectivity index (χ0v) is 20.2. The zero-order chi connectivity index (χ0) is 23.2. The summed E-state index contributed by atoms with van der Waals surface area (Å²) in [4.78, 5) is 24.6. The van der Waals surface area contributed by atoms with E-state index in [1.54, 1.807) is 42.5 Å². The Kier molecular flexibility index (Phi) is 7.21. The van der Waals surface area contributed by atoms with Gasteiger partial charge in [-0.3, -0.25) is 9.59 Å². The van der Waals surface area contributed by atoms with Gasteiger partial charge in [-0.05, 0) is 58.4 Å². The molecule has 9 heteroatoms. The van der Waals surface area contributed by atoms with Gasteiger partial charge < -0.3 is 14.5 Å². The number of amides is 2. The number of furan rings is 1. The maximum absolute atomic E-state index is 12.4. The molecular formula is C24H17Br2N3O4. The van der Waals surface area contributed by atoms with Crippen molar-refractivity contribution >= 4 is 66.5 Å². The molecule has 2 amide bonds. The Hall–Kier alpha value is -3.43. The van der Waals surface area contributed by atoms with Gasteiger partial charge in [0.2, 0.25) is 0 Å². The van der Waals surface area contributed by atoms with Gasteiger partial charge in [0.05, 0.1) is 10.7 Å². The molecule has 166 valence electrons. The van der Waals surface area contributed by atoms with Gasteiger partial charge in [0, 0.05) is 21.1 Å². The first-order valence-electron chi connectivity index (χ1n) is 9.78. The van der Waals surface area contributed by atoms with Crippen LogP contribution in [-0.2, 0) is 4.79 Å². The van der Waals surface area contributed by atoms with Crippen LogP contribution in [0.3, 0.4) is 0 Å². The van der Waals surface area contributed by atoms with Crippen LogP contribution in [0.4, 0.5) is 5.69 Å². The van der Waals surface area contributed by atoms with E-state index in [0.717, 1.165) is 14.3 Å². The van der Waals surface area contributed by atoms with Gasteiger partial charge in [-0.2, -0.15) is 5.10 Å². The number of fused-ring (bicyclic) bond motifs is 1. The molecule has 0 saturated carbocycles. The predicted molar refractivity (Wildman–Crippen MR) is 134 cm³/mol. The maximum Gasteiger partial charge on any atom is 0.307 e. The van der Waals surface area contributed by atoms with Crippen molar-refractivity contribution in [1.29, 1.82) is 0 Å². The summed E-state index contributed by atoms with van der Waals surface area (Å²) in [6.45, 7) is -0.171. The molecule has 3 aromatic carbocycles. The Balaban J connectivity index is 1.38. The van der Waals surface area contributed by atoms with Crippen molar-refractivity contribution in [1.82, 2.24) is 5.43 Å². The summed E-state index contributed by atoms with van der Waals surface area (Å²) in [6, 6.07) is 21.5. The zero-order valence-electron chi connectivity index (χ0n) is 17.0. The lowest BCUT2D eigenvalue weighted by molar-refractivity contribution is -0.118. The fraction of sp³-hybridized carbons (Fsp3) is 0.0417. The smallest absolute Gasteiger partial charge is 0.307 e. The van der Waals surface area contributed by atoms with E-state index in [4.69, 9.17) is 9.15 Å². The molecule has 0 aliphatic carbocycles. The molecular weight excluding hydrogens is 554 g/mol. The molecule has 1 heterocycles. The van der Waals surface area contributed by atoms with Crippen LogP contribution in [0.15, 0.2) is 91.3 Å². The number of nitrogens with zero attached hydrogens (tertiary/aromatic N) is 1. The molecule has 4 rings (SSSR count). The number of hydrazone groups is 1. The van der Waals surface area contributed by atoms with Crippen molar-refractivity contribution < 1.29 is 18.7 Å². The molecule has 0 aliphatic heterocycles. The number of para-hydroxylation sites is 2. The highest BCUT2D eigenvalue weighted by molar-refractivity contribution is 9.11. The molecule has 1 aromatic heterocycles. The van der Waals surface area contributed by atoms with E-state index in [1.807, 2.05) is 30.3 Å². The van der Waals surface area contributed by atoms with Crippen molar-refractivity contribution in [3.8, 4) is 5.75 Å². The number of hydrogen-bond donors (Lipinski definition) is 2. The number of anilines is 1. The lowest BCUT2D eigenvalue weighted by Crippen LogP contribution is -2.20. The van der Waals surface area contributed by atoms with Gasteiger partial charge in [0.25, 0.3) is 5.91 Å². The molecule has 0 bridgehead atoms. The van der Waals surface area contributed by atoms with Gasteiger partial charge in [-0.25, -0.2) is 5.43 Å². The van der Waals surface area contributed by atoms with Gasteiger partial charge in [-0.15, -0.1) is 0 Å². The molecule has 0 radical (unpaired) electrons. The SMILES string of the molecule is O=C(COc1ccccc1/C=N\NC(=O)c1cc2cc(Br)cc(Br)c2o1)Nc1ccccc1. The van der Waals surface area contributed by atoms with Crippen molar-refractivity contribution in [2.24, 2.45) is 5.10 Å².